The van der Waals surface area contributed by atoms with Crippen molar-refractivity contribution in [2.24, 2.45) is 0 Å². The van der Waals surface area contributed by atoms with Crippen molar-refractivity contribution in [1.82, 2.24) is 9.88 Å². The molecule has 1 aromatic heterocycles. The van der Waals surface area contributed by atoms with Gasteiger partial charge in [-0.15, -0.1) is 6.42 Å². The summed E-state index contributed by atoms with van der Waals surface area (Å²) in [7, 11) is 0. The number of nitrogens with zero attached hydrogens (tertiary/aromatic N) is 1. The van der Waals surface area contributed by atoms with Gasteiger partial charge in [0.25, 0.3) is 5.91 Å². The van der Waals surface area contributed by atoms with Crippen molar-refractivity contribution in [3.8, 4) is 12.3 Å². The van der Waals surface area contributed by atoms with Crippen LogP contribution in [0.2, 0.25) is 0 Å². The number of carbonyl (C=O) groups is 1. The van der Waals surface area contributed by atoms with Crippen LogP contribution in [0.5, 0.6) is 0 Å². The van der Waals surface area contributed by atoms with Gasteiger partial charge in [0.15, 0.2) is 0 Å². The highest BCUT2D eigenvalue weighted by Gasteiger charge is 2.15. The van der Waals surface area contributed by atoms with Crippen molar-refractivity contribution in [1.29, 1.82) is 0 Å². The topological polar surface area (TPSA) is 34.0 Å². The Morgan fingerprint density at radius 2 is 2.19 bits per heavy atom. The maximum Gasteiger partial charge on any atom is 0.268 e. The molecule has 0 aliphatic rings. The van der Waals surface area contributed by atoms with Gasteiger partial charge in [0, 0.05) is 16.7 Å². The Labute approximate surface area is 104 Å². The smallest absolute Gasteiger partial charge is 0.268 e. The largest absolute Gasteiger partial charge is 0.340 e. The van der Waals surface area contributed by atoms with E-state index in [9.17, 15) is 4.79 Å². The van der Waals surface area contributed by atoms with Crippen molar-refractivity contribution in [2.75, 3.05) is 0 Å². The normalized spacial score (nSPS) is 12.2. The second-order valence-electron chi connectivity index (χ2n) is 3.91. The Morgan fingerprint density at radius 3 is 2.69 bits per heavy atom. The standard InChI is InChI=1S/C12H15BrN2O/c1-5-9(4)14-12(16)11-6-10(13)7-15(11)8(2)3/h1,6-9H,2-4H3,(H,14,16). The van der Waals surface area contributed by atoms with Crippen LogP contribution in [0.4, 0.5) is 0 Å². The molecular formula is C12H15BrN2O. The molecular weight excluding hydrogens is 268 g/mol. The summed E-state index contributed by atoms with van der Waals surface area (Å²) < 4.78 is 2.79. The van der Waals surface area contributed by atoms with E-state index < -0.39 is 0 Å². The molecule has 4 heteroatoms. The molecule has 1 N–H and O–H groups in total. The molecule has 3 nitrogen and oxygen atoms in total. The van der Waals surface area contributed by atoms with E-state index in [4.69, 9.17) is 6.42 Å². The number of rotatable bonds is 3. The van der Waals surface area contributed by atoms with E-state index in [1.807, 2.05) is 24.6 Å². The van der Waals surface area contributed by atoms with Gasteiger partial charge in [-0.3, -0.25) is 4.79 Å². The third kappa shape index (κ3) is 2.89. The zero-order valence-electron chi connectivity index (χ0n) is 9.62. The fourth-order valence-electron chi connectivity index (χ4n) is 1.37. The number of hydrogen-bond donors (Lipinski definition) is 1. The van der Waals surface area contributed by atoms with Crippen LogP contribution in [-0.4, -0.2) is 16.5 Å². The van der Waals surface area contributed by atoms with Crippen LogP contribution in [0, 0.1) is 12.3 Å². The summed E-state index contributed by atoms with van der Waals surface area (Å²) >= 11 is 3.36. The van der Waals surface area contributed by atoms with Crippen molar-refractivity contribution in [3.05, 3.63) is 22.4 Å². The van der Waals surface area contributed by atoms with Gasteiger partial charge < -0.3 is 9.88 Å². The van der Waals surface area contributed by atoms with Crippen LogP contribution >= 0.6 is 15.9 Å². The molecule has 0 saturated heterocycles. The molecule has 1 unspecified atom stereocenters. The van der Waals surface area contributed by atoms with E-state index in [1.165, 1.54) is 0 Å². The van der Waals surface area contributed by atoms with Crippen molar-refractivity contribution in [2.45, 2.75) is 32.9 Å². The van der Waals surface area contributed by atoms with Gasteiger partial charge in [0.2, 0.25) is 0 Å². The second kappa shape index (κ2) is 5.22. The average molecular weight is 283 g/mol. The maximum absolute atomic E-state index is 11.9. The molecule has 0 aliphatic carbocycles. The predicted molar refractivity (Wildman–Crippen MR) is 68.3 cm³/mol. The summed E-state index contributed by atoms with van der Waals surface area (Å²) in [5, 5.41) is 2.74. The number of halogens is 1. The van der Waals surface area contributed by atoms with Crippen molar-refractivity contribution < 1.29 is 4.79 Å². The monoisotopic (exact) mass is 282 g/mol. The minimum Gasteiger partial charge on any atom is -0.340 e. The third-order valence-corrected chi connectivity index (χ3v) is 2.64. The molecule has 0 aliphatic heterocycles. The molecule has 1 amide bonds. The molecule has 1 rings (SSSR count). The summed E-state index contributed by atoms with van der Waals surface area (Å²) in [6, 6.07) is 1.76. The fourth-order valence-corrected chi connectivity index (χ4v) is 1.80. The Bertz CT molecular complexity index is 429. The first-order valence-corrected chi connectivity index (χ1v) is 5.89. The van der Waals surface area contributed by atoms with E-state index in [-0.39, 0.29) is 18.0 Å². The third-order valence-electron chi connectivity index (χ3n) is 2.20. The number of hydrogen-bond acceptors (Lipinski definition) is 1. The highest BCUT2D eigenvalue weighted by atomic mass is 79.9. The summed E-state index contributed by atoms with van der Waals surface area (Å²) in [5.41, 5.74) is 0.615. The average Bonchev–Trinajstić information content (AvgIpc) is 2.60. The summed E-state index contributed by atoms with van der Waals surface area (Å²) in [6.45, 7) is 5.82. The van der Waals surface area contributed by atoms with E-state index in [1.54, 1.807) is 13.0 Å². The molecule has 0 fully saturated rings. The van der Waals surface area contributed by atoms with Gasteiger partial charge in [-0.05, 0) is 42.8 Å². The first-order valence-electron chi connectivity index (χ1n) is 5.10. The lowest BCUT2D eigenvalue weighted by molar-refractivity contribution is 0.0937. The Morgan fingerprint density at radius 1 is 1.56 bits per heavy atom. The number of terminal acetylenes is 1. The maximum atomic E-state index is 11.9. The molecule has 16 heavy (non-hydrogen) atoms. The molecule has 1 heterocycles. The minimum absolute atomic E-state index is 0.148. The van der Waals surface area contributed by atoms with Gasteiger partial charge in [-0.25, -0.2) is 0 Å². The SMILES string of the molecule is C#CC(C)NC(=O)c1cc(Br)cn1C(C)C. The molecule has 0 saturated carbocycles. The molecule has 86 valence electrons. The number of amides is 1. The van der Waals surface area contributed by atoms with E-state index in [0.29, 0.717) is 5.69 Å². The van der Waals surface area contributed by atoms with Crippen LogP contribution in [0.1, 0.15) is 37.3 Å². The summed E-state index contributed by atoms with van der Waals surface area (Å²) in [4.78, 5) is 11.9. The van der Waals surface area contributed by atoms with Crippen LogP contribution < -0.4 is 5.32 Å². The Balaban J connectivity index is 2.95. The second-order valence-corrected chi connectivity index (χ2v) is 4.82. The Hall–Kier alpha value is -1.21. The van der Waals surface area contributed by atoms with Crippen molar-refractivity contribution in [3.63, 3.8) is 0 Å². The van der Waals surface area contributed by atoms with E-state index in [2.05, 4.69) is 27.2 Å². The number of nitrogens with one attached hydrogen (secondary N) is 1. The summed E-state index contributed by atoms with van der Waals surface area (Å²) in [5.74, 6) is 2.32. The minimum atomic E-state index is -0.262. The first-order chi connectivity index (χ1) is 7.45. The first kappa shape index (κ1) is 12.9. The fraction of sp³-hybridized carbons (Fsp3) is 0.417. The van der Waals surface area contributed by atoms with Crippen LogP contribution in [0.3, 0.4) is 0 Å². The lowest BCUT2D eigenvalue weighted by atomic mass is 10.3. The Kier molecular flexibility index (Phi) is 4.19. The molecule has 0 bridgehead atoms. The van der Waals surface area contributed by atoms with E-state index in [0.717, 1.165) is 4.47 Å². The number of carbonyl (C=O) groups excluding carboxylic acids is 1. The zero-order chi connectivity index (χ0) is 12.3. The lowest BCUT2D eigenvalue weighted by Gasteiger charge is -2.13. The van der Waals surface area contributed by atoms with Gasteiger partial charge in [0.1, 0.15) is 5.69 Å². The van der Waals surface area contributed by atoms with E-state index >= 15 is 0 Å². The van der Waals surface area contributed by atoms with Crippen LogP contribution in [0.15, 0.2) is 16.7 Å². The van der Waals surface area contributed by atoms with Gasteiger partial charge >= 0.3 is 0 Å². The number of aromatic nitrogens is 1. The van der Waals surface area contributed by atoms with Gasteiger partial charge in [0.05, 0.1) is 6.04 Å². The molecule has 0 aromatic carbocycles. The zero-order valence-corrected chi connectivity index (χ0v) is 11.2. The molecule has 1 aromatic rings. The van der Waals surface area contributed by atoms with Crippen LogP contribution in [0.25, 0.3) is 0 Å². The molecule has 1 atom stereocenters. The quantitative estimate of drug-likeness (QED) is 0.850. The van der Waals surface area contributed by atoms with Crippen molar-refractivity contribution >= 4 is 21.8 Å². The van der Waals surface area contributed by atoms with Gasteiger partial charge in [-0.1, -0.05) is 5.92 Å². The lowest BCUT2D eigenvalue weighted by Crippen LogP contribution is -2.33. The molecule has 0 spiro atoms. The highest BCUT2D eigenvalue weighted by molar-refractivity contribution is 9.10. The van der Waals surface area contributed by atoms with Gasteiger partial charge in [-0.2, -0.15) is 0 Å². The summed E-state index contributed by atoms with van der Waals surface area (Å²) in [6.07, 6.45) is 7.11. The van der Waals surface area contributed by atoms with Crippen LogP contribution in [-0.2, 0) is 0 Å². The predicted octanol–water partition coefficient (Wildman–Crippen LogP) is 2.58. The highest BCUT2D eigenvalue weighted by Crippen LogP contribution is 2.19. The molecule has 0 radical (unpaired) electrons.